The van der Waals surface area contributed by atoms with E-state index in [0.29, 0.717) is 23.6 Å². The van der Waals surface area contributed by atoms with E-state index < -0.39 is 0 Å². The standard InChI is InChI=1S/C15H24N2O2/c1-4-7-13(5-2)17-15(18)11-8-12(16)10-14(9-11)19-6-3/h8-10,13H,4-7,16H2,1-3H3,(H,17,18). The van der Waals surface area contributed by atoms with Crippen molar-refractivity contribution in [2.75, 3.05) is 12.3 Å². The number of rotatable bonds is 7. The molecule has 0 radical (unpaired) electrons. The van der Waals surface area contributed by atoms with Gasteiger partial charge < -0.3 is 15.8 Å². The zero-order chi connectivity index (χ0) is 14.3. The van der Waals surface area contributed by atoms with Gasteiger partial charge in [-0.1, -0.05) is 20.3 Å². The molecule has 3 N–H and O–H groups in total. The van der Waals surface area contributed by atoms with Crippen molar-refractivity contribution < 1.29 is 9.53 Å². The fourth-order valence-electron chi connectivity index (χ4n) is 2.00. The Kier molecular flexibility index (Phi) is 6.19. The first-order chi connectivity index (χ1) is 9.10. The summed E-state index contributed by atoms with van der Waals surface area (Å²) in [5.74, 6) is 0.546. The fraction of sp³-hybridized carbons (Fsp3) is 0.533. The number of hydrogen-bond donors (Lipinski definition) is 2. The highest BCUT2D eigenvalue weighted by Crippen LogP contribution is 2.19. The number of anilines is 1. The van der Waals surface area contributed by atoms with E-state index in [0.717, 1.165) is 19.3 Å². The van der Waals surface area contributed by atoms with Crippen molar-refractivity contribution in [3.8, 4) is 5.75 Å². The van der Waals surface area contributed by atoms with Gasteiger partial charge in [-0.25, -0.2) is 0 Å². The van der Waals surface area contributed by atoms with Gasteiger partial charge in [0.05, 0.1) is 6.61 Å². The van der Waals surface area contributed by atoms with Crippen LogP contribution in [-0.4, -0.2) is 18.6 Å². The lowest BCUT2D eigenvalue weighted by Crippen LogP contribution is -2.34. The number of amides is 1. The van der Waals surface area contributed by atoms with Gasteiger partial charge in [0.15, 0.2) is 0 Å². The summed E-state index contributed by atoms with van der Waals surface area (Å²) in [5.41, 5.74) is 6.88. The van der Waals surface area contributed by atoms with Crippen LogP contribution in [0.25, 0.3) is 0 Å². The number of nitrogens with one attached hydrogen (secondary N) is 1. The van der Waals surface area contributed by atoms with Crippen LogP contribution in [-0.2, 0) is 0 Å². The Bertz CT molecular complexity index is 419. The lowest BCUT2D eigenvalue weighted by Gasteiger charge is -2.16. The molecule has 1 aromatic carbocycles. The van der Waals surface area contributed by atoms with E-state index in [9.17, 15) is 4.79 Å². The molecular weight excluding hydrogens is 240 g/mol. The quantitative estimate of drug-likeness (QED) is 0.744. The summed E-state index contributed by atoms with van der Waals surface area (Å²) in [6.07, 6.45) is 2.98. The molecule has 0 saturated heterocycles. The maximum absolute atomic E-state index is 12.2. The molecule has 0 aliphatic heterocycles. The highest BCUT2D eigenvalue weighted by atomic mass is 16.5. The Morgan fingerprint density at radius 1 is 1.32 bits per heavy atom. The van der Waals surface area contributed by atoms with Crippen LogP contribution in [0.5, 0.6) is 5.75 Å². The van der Waals surface area contributed by atoms with Crippen LogP contribution >= 0.6 is 0 Å². The SMILES string of the molecule is CCCC(CC)NC(=O)c1cc(N)cc(OCC)c1. The van der Waals surface area contributed by atoms with Gasteiger partial charge in [-0.3, -0.25) is 4.79 Å². The Labute approximate surface area is 115 Å². The molecule has 1 atom stereocenters. The maximum Gasteiger partial charge on any atom is 0.251 e. The molecule has 1 rings (SSSR count). The minimum Gasteiger partial charge on any atom is -0.494 e. The molecule has 1 unspecified atom stereocenters. The number of nitrogen functional groups attached to an aromatic ring is 1. The molecule has 1 amide bonds. The average molecular weight is 264 g/mol. The van der Waals surface area contributed by atoms with Gasteiger partial charge in [-0.2, -0.15) is 0 Å². The smallest absolute Gasteiger partial charge is 0.251 e. The van der Waals surface area contributed by atoms with Gasteiger partial charge >= 0.3 is 0 Å². The number of carbonyl (C=O) groups is 1. The van der Waals surface area contributed by atoms with E-state index in [1.807, 2.05) is 6.92 Å². The number of hydrogen-bond acceptors (Lipinski definition) is 3. The van der Waals surface area contributed by atoms with Crippen molar-refractivity contribution >= 4 is 11.6 Å². The maximum atomic E-state index is 12.2. The van der Waals surface area contributed by atoms with E-state index in [-0.39, 0.29) is 11.9 Å². The lowest BCUT2D eigenvalue weighted by atomic mass is 10.1. The number of ether oxygens (including phenoxy) is 1. The first-order valence-electron chi connectivity index (χ1n) is 6.94. The predicted octanol–water partition coefficient (Wildman–Crippen LogP) is 2.98. The van der Waals surface area contributed by atoms with Crippen LogP contribution in [0.4, 0.5) is 5.69 Å². The van der Waals surface area contributed by atoms with E-state index in [4.69, 9.17) is 10.5 Å². The van der Waals surface area contributed by atoms with Gasteiger partial charge in [0.25, 0.3) is 5.91 Å². The second-order valence-electron chi connectivity index (χ2n) is 4.59. The van der Waals surface area contributed by atoms with Crippen molar-refractivity contribution in [2.45, 2.75) is 46.1 Å². The third kappa shape index (κ3) is 4.81. The zero-order valence-corrected chi connectivity index (χ0v) is 12.0. The monoisotopic (exact) mass is 264 g/mol. The van der Waals surface area contributed by atoms with Crippen LogP contribution in [0, 0.1) is 0 Å². The molecule has 0 aromatic heterocycles. The molecule has 1 aromatic rings. The van der Waals surface area contributed by atoms with Crippen molar-refractivity contribution in [2.24, 2.45) is 0 Å². The summed E-state index contributed by atoms with van der Waals surface area (Å²) in [4.78, 5) is 12.2. The van der Waals surface area contributed by atoms with Crippen LogP contribution < -0.4 is 15.8 Å². The summed E-state index contributed by atoms with van der Waals surface area (Å²) < 4.78 is 5.40. The normalized spacial score (nSPS) is 11.9. The topological polar surface area (TPSA) is 64.4 Å². The van der Waals surface area contributed by atoms with Crippen molar-refractivity contribution in [3.05, 3.63) is 23.8 Å². The fourth-order valence-corrected chi connectivity index (χ4v) is 2.00. The second kappa shape index (κ2) is 7.67. The minimum atomic E-state index is -0.0893. The Hall–Kier alpha value is -1.71. The molecule has 0 heterocycles. The molecule has 19 heavy (non-hydrogen) atoms. The first-order valence-corrected chi connectivity index (χ1v) is 6.94. The predicted molar refractivity (Wildman–Crippen MR) is 78.5 cm³/mol. The number of carbonyl (C=O) groups excluding carboxylic acids is 1. The molecule has 0 aliphatic carbocycles. The molecule has 0 bridgehead atoms. The van der Waals surface area contributed by atoms with Crippen LogP contribution in [0.3, 0.4) is 0 Å². The molecule has 4 heteroatoms. The van der Waals surface area contributed by atoms with Crippen molar-refractivity contribution in [3.63, 3.8) is 0 Å². The molecule has 106 valence electrons. The van der Waals surface area contributed by atoms with E-state index >= 15 is 0 Å². The Morgan fingerprint density at radius 2 is 2.05 bits per heavy atom. The third-order valence-corrected chi connectivity index (χ3v) is 2.97. The first kappa shape index (κ1) is 15.3. The second-order valence-corrected chi connectivity index (χ2v) is 4.59. The lowest BCUT2D eigenvalue weighted by molar-refractivity contribution is 0.0933. The Balaban J connectivity index is 2.80. The van der Waals surface area contributed by atoms with Gasteiger partial charge in [0.2, 0.25) is 0 Å². The summed E-state index contributed by atoms with van der Waals surface area (Å²) in [7, 11) is 0. The van der Waals surface area contributed by atoms with Crippen LogP contribution in [0.2, 0.25) is 0 Å². The summed E-state index contributed by atoms with van der Waals surface area (Å²) in [6.45, 7) is 6.64. The van der Waals surface area contributed by atoms with Gasteiger partial charge in [0.1, 0.15) is 5.75 Å². The molecule has 0 saturated carbocycles. The molecule has 0 spiro atoms. The van der Waals surface area contributed by atoms with Crippen molar-refractivity contribution in [1.29, 1.82) is 0 Å². The summed E-state index contributed by atoms with van der Waals surface area (Å²) in [6, 6.07) is 5.35. The summed E-state index contributed by atoms with van der Waals surface area (Å²) >= 11 is 0. The molecule has 0 fully saturated rings. The minimum absolute atomic E-state index is 0.0893. The number of nitrogens with two attached hydrogens (primary N) is 1. The van der Waals surface area contributed by atoms with E-state index in [2.05, 4.69) is 19.2 Å². The molecule has 0 aliphatic rings. The third-order valence-electron chi connectivity index (χ3n) is 2.97. The largest absolute Gasteiger partial charge is 0.494 e. The highest BCUT2D eigenvalue weighted by Gasteiger charge is 2.13. The molecular formula is C15H24N2O2. The molecule has 4 nitrogen and oxygen atoms in total. The number of benzene rings is 1. The van der Waals surface area contributed by atoms with Gasteiger partial charge in [-0.15, -0.1) is 0 Å². The van der Waals surface area contributed by atoms with Gasteiger partial charge in [-0.05, 0) is 31.9 Å². The highest BCUT2D eigenvalue weighted by molar-refractivity contribution is 5.95. The average Bonchev–Trinajstić information content (AvgIpc) is 2.37. The van der Waals surface area contributed by atoms with Gasteiger partial charge in [0, 0.05) is 23.4 Å². The zero-order valence-electron chi connectivity index (χ0n) is 12.0. The Morgan fingerprint density at radius 3 is 2.63 bits per heavy atom. The van der Waals surface area contributed by atoms with Crippen LogP contribution in [0.1, 0.15) is 50.4 Å². The van der Waals surface area contributed by atoms with Crippen LogP contribution in [0.15, 0.2) is 18.2 Å². The van der Waals surface area contributed by atoms with Crippen molar-refractivity contribution in [1.82, 2.24) is 5.32 Å². The van der Waals surface area contributed by atoms with E-state index in [1.165, 1.54) is 0 Å². The summed E-state index contributed by atoms with van der Waals surface area (Å²) in [5, 5.41) is 3.03. The van der Waals surface area contributed by atoms with E-state index in [1.54, 1.807) is 18.2 Å².